The number of nitrogens with zero attached hydrogens (tertiary/aromatic N) is 3. The highest BCUT2D eigenvalue weighted by Gasteiger charge is 2.23. The number of aromatic nitrogens is 2. The Hall–Kier alpha value is -2.70. The highest BCUT2D eigenvalue weighted by atomic mass is 32.1. The molecule has 0 bridgehead atoms. The molecule has 31 heavy (non-hydrogen) atoms. The Morgan fingerprint density at radius 3 is 3.00 bits per heavy atom. The van der Waals surface area contributed by atoms with Crippen LogP contribution in [0.4, 0.5) is 0 Å². The van der Waals surface area contributed by atoms with Crippen molar-refractivity contribution >= 4 is 32.3 Å². The first-order valence-electron chi connectivity index (χ1n) is 11.0. The zero-order chi connectivity index (χ0) is 21.4. The molecule has 0 N–H and O–H groups in total. The van der Waals surface area contributed by atoms with E-state index in [9.17, 15) is 4.79 Å². The highest BCUT2D eigenvalue weighted by Crippen LogP contribution is 2.31. The maximum absolute atomic E-state index is 12.8. The molecular formula is C25H27N3O2S. The van der Waals surface area contributed by atoms with Crippen LogP contribution in [0.2, 0.25) is 0 Å². The van der Waals surface area contributed by atoms with Crippen LogP contribution in [-0.4, -0.2) is 46.3 Å². The van der Waals surface area contributed by atoms with Gasteiger partial charge in [0.05, 0.1) is 23.0 Å². The summed E-state index contributed by atoms with van der Waals surface area (Å²) in [4.78, 5) is 21.1. The van der Waals surface area contributed by atoms with Gasteiger partial charge in [-0.15, -0.1) is 0 Å². The van der Waals surface area contributed by atoms with Crippen molar-refractivity contribution in [2.45, 2.75) is 38.6 Å². The van der Waals surface area contributed by atoms with E-state index < -0.39 is 0 Å². The van der Waals surface area contributed by atoms with Gasteiger partial charge >= 0.3 is 0 Å². The third kappa shape index (κ3) is 3.86. The molecule has 5 rings (SSSR count). The van der Waals surface area contributed by atoms with Crippen LogP contribution in [0.15, 0.2) is 48.7 Å². The predicted molar refractivity (Wildman–Crippen MR) is 126 cm³/mol. The molecule has 0 saturated carbocycles. The molecule has 3 heterocycles. The normalized spacial score (nSPS) is 17.0. The average molecular weight is 434 g/mol. The number of imidazole rings is 1. The van der Waals surface area contributed by atoms with Crippen LogP contribution in [-0.2, 0) is 0 Å². The predicted octanol–water partition coefficient (Wildman–Crippen LogP) is 5.67. The number of carbonyl (C=O) groups is 1. The third-order valence-electron chi connectivity index (χ3n) is 6.39. The molecule has 1 aliphatic rings. The molecule has 1 aliphatic heterocycles. The first-order chi connectivity index (χ1) is 15.2. The van der Waals surface area contributed by atoms with Crippen molar-refractivity contribution in [1.82, 2.24) is 14.3 Å². The lowest BCUT2D eigenvalue weighted by molar-refractivity contribution is 0.0968. The molecule has 2 aromatic heterocycles. The minimum atomic E-state index is 0.243. The van der Waals surface area contributed by atoms with Gasteiger partial charge in [-0.25, -0.2) is 4.98 Å². The van der Waals surface area contributed by atoms with Gasteiger partial charge in [0.15, 0.2) is 10.7 Å². The number of benzene rings is 2. The van der Waals surface area contributed by atoms with Crippen molar-refractivity contribution in [2.24, 2.45) is 0 Å². The summed E-state index contributed by atoms with van der Waals surface area (Å²) < 4.78 is 8.55. The van der Waals surface area contributed by atoms with E-state index in [-0.39, 0.29) is 5.78 Å². The van der Waals surface area contributed by atoms with Crippen LogP contribution < -0.4 is 4.74 Å². The summed E-state index contributed by atoms with van der Waals surface area (Å²) in [5.41, 5.74) is 3.85. The minimum Gasteiger partial charge on any atom is -0.497 e. The number of likely N-dealkylation sites (tertiary alicyclic amines) is 1. The molecule has 0 aliphatic carbocycles. The molecule has 0 radical (unpaired) electrons. The summed E-state index contributed by atoms with van der Waals surface area (Å²) >= 11 is 1.63. The lowest BCUT2D eigenvalue weighted by Gasteiger charge is -2.22. The standard InChI is InChI=1S/C25H27N3O2S/c1-3-27-13-5-7-19(27)10-12-23(29)18-9-11-22-24(15-18)31-25-26-21(16-28(22)25)17-6-4-8-20(14-17)30-2/h4,6,8-9,11,14-16,19H,3,5,7,10,12-13H2,1-2H3/t19-/m0/s1. The Kier molecular flexibility index (Phi) is 5.50. The molecule has 0 spiro atoms. The summed E-state index contributed by atoms with van der Waals surface area (Å²) in [6.07, 6.45) is 6.12. The molecule has 1 saturated heterocycles. The number of methoxy groups -OCH3 is 1. The van der Waals surface area contributed by atoms with Crippen molar-refractivity contribution in [1.29, 1.82) is 0 Å². The van der Waals surface area contributed by atoms with Crippen LogP contribution in [0.3, 0.4) is 0 Å². The summed E-state index contributed by atoms with van der Waals surface area (Å²) in [6.45, 7) is 4.46. The molecule has 5 nitrogen and oxygen atoms in total. The number of carbonyl (C=O) groups excluding carboxylic acids is 1. The highest BCUT2D eigenvalue weighted by molar-refractivity contribution is 7.23. The van der Waals surface area contributed by atoms with Gasteiger partial charge in [0.25, 0.3) is 0 Å². The third-order valence-corrected chi connectivity index (χ3v) is 7.41. The zero-order valence-corrected chi connectivity index (χ0v) is 18.8. The molecule has 0 amide bonds. The largest absolute Gasteiger partial charge is 0.497 e. The Labute approximate surface area is 186 Å². The van der Waals surface area contributed by atoms with Crippen molar-refractivity contribution < 1.29 is 9.53 Å². The second-order valence-electron chi connectivity index (χ2n) is 8.18. The fourth-order valence-corrected chi connectivity index (χ4v) is 5.72. The number of hydrogen-bond donors (Lipinski definition) is 0. The summed E-state index contributed by atoms with van der Waals surface area (Å²) in [7, 11) is 1.67. The number of fused-ring (bicyclic) bond motifs is 3. The Balaban J connectivity index is 1.37. The van der Waals surface area contributed by atoms with E-state index in [1.54, 1.807) is 18.4 Å². The van der Waals surface area contributed by atoms with E-state index in [0.717, 1.165) is 50.7 Å². The second kappa shape index (κ2) is 8.44. The van der Waals surface area contributed by atoms with Gasteiger partial charge in [-0.3, -0.25) is 9.20 Å². The number of ether oxygens (including phenoxy) is 1. The topological polar surface area (TPSA) is 46.8 Å². The second-order valence-corrected chi connectivity index (χ2v) is 9.19. The van der Waals surface area contributed by atoms with E-state index in [1.165, 1.54) is 19.4 Å². The van der Waals surface area contributed by atoms with Crippen molar-refractivity contribution in [3.05, 3.63) is 54.2 Å². The number of Topliss-reactive ketones (excluding diaryl/α,β-unsaturated/α-hetero) is 1. The number of thiazole rings is 1. The SMILES string of the molecule is CCN1CCC[C@H]1CCC(=O)c1ccc2c(c1)sc1nc(-c3cccc(OC)c3)cn12. The smallest absolute Gasteiger partial charge is 0.195 e. The molecule has 0 unspecified atom stereocenters. The molecule has 1 atom stereocenters. The van der Waals surface area contributed by atoms with Crippen molar-refractivity contribution in [3.63, 3.8) is 0 Å². The van der Waals surface area contributed by atoms with E-state index >= 15 is 0 Å². The van der Waals surface area contributed by atoms with Crippen molar-refractivity contribution in [3.8, 4) is 17.0 Å². The summed E-state index contributed by atoms with van der Waals surface area (Å²) in [5, 5.41) is 0. The van der Waals surface area contributed by atoms with Gasteiger partial charge < -0.3 is 9.64 Å². The van der Waals surface area contributed by atoms with Gasteiger partial charge in [-0.2, -0.15) is 0 Å². The molecule has 6 heteroatoms. The Bertz CT molecular complexity index is 1240. The minimum absolute atomic E-state index is 0.243. The number of rotatable bonds is 7. The van der Waals surface area contributed by atoms with Gasteiger partial charge in [0.1, 0.15) is 5.75 Å². The molecule has 4 aromatic rings. The first-order valence-corrected chi connectivity index (χ1v) is 11.8. The lowest BCUT2D eigenvalue weighted by atomic mass is 10.0. The van der Waals surface area contributed by atoms with Crippen LogP contribution >= 0.6 is 11.3 Å². The van der Waals surface area contributed by atoms with Gasteiger partial charge in [0.2, 0.25) is 0 Å². The van der Waals surface area contributed by atoms with Crippen LogP contribution in [0, 0.1) is 0 Å². The quantitative estimate of drug-likeness (QED) is 0.352. The molecule has 160 valence electrons. The number of ketones is 1. The van der Waals surface area contributed by atoms with Crippen LogP contribution in [0.25, 0.3) is 26.4 Å². The Morgan fingerprint density at radius 1 is 1.26 bits per heavy atom. The van der Waals surface area contributed by atoms with E-state index in [1.807, 2.05) is 36.4 Å². The lowest BCUT2D eigenvalue weighted by Crippen LogP contribution is -2.29. The van der Waals surface area contributed by atoms with Gasteiger partial charge in [-0.1, -0.05) is 30.4 Å². The summed E-state index contributed by atoms with van der Waals surface area (Å²) in [5.74, 6) is 1.06. The van der Waals surface area contributed by atoms with Gasteiger partial charge in [0, 0.05) is 29.8 Å². The van der Waals surface area contributed by atoms with E-state index in [0.29, 0.717) is 12.5 Å². The monoisotopic (exact) mass is 433 g/mol. The molecular weight excluding hydrogens is 406 g/mol. The van der Waals surface area contributed by atoms with Crippen LogP contribution in [0.5, 0.6) is 5.75 Å². The number of hydrogen-bond acceptors (Lipinski definition) is 5. The summed E-state index contributed by atoms with van der Waals surface area (Å²) in [6, 6.07) is 14.6. The van der Waals surface area contributed by atoms with E-state index in [4.69, 9.17) is 9.72 Å². The zero-order valence-electron chi connectivity index (χ0n) is 18.0. The average Bonchev–Trinajstić information content (AvgIpc) is 3.51. The van der Waals surface area contributed by atoms with Crippen LogP contribution in [0.1, 0.15) is 43.0 Å². The maximum Gasteiger partial charge on any atom is 0.195 e. The Morgan fingerprint density at radius 2 is 2.16 bits per heavy atom. The van der Waals surface area contributed by atoms with Gasteiger partial charge in [-0.05, 0) is 62.7 Å². The molecule has 1 fully saturated rings. The fourth-order valence-electron chi connectivity index (χ4n) is 4.68. The first kappa shape index (κ1) is 20.2. The maximum atomic E-state index is 12.8. The fraction of sp³-hybridized carbons (Fsp3) is 0.360. The van der Waals surface area contributed by atoms with E-state index in [2.05, 4.69) is 28.5 Å². The van der Waals surface area contributed by atoms with Crippen molar-refractivity contribution in [2.75, 3.05) is 20.2 Å². The molecule has 2 aromatic carbocycles.